The molecule has 21 heavy (non-hydrogen) atoms. The number of carboxylic acid groups (broad SMARTS) is 1. The third-order valence-corrected chi connectivity index (χ3v) is 4.73. The van der Waals surface area contributed by atoms with Crippen molar-refractivity contribution in [3.63, 3.8) is 0 Å². The molecule has 0 unspecified atom stereocenters. The molecule has 3 rings (SSSR count). The molecule has 1 fully saturated rings. The van der Waals surface area contributed by atoms with Gasteiger partial charge in [0.1, 0.15) is 11.4 Å². The molecule has 4 nitrogen and oxygen atoms in total. The number of pyridine rings is 1. The van der Waals surface area contributed by atoms with Gasteiger partial charge in [-0.15, -0.1) is 0 Å². The lowest BCUT2D eigenvalue weighted by molar-refractivity contribution is 0.0697. The average Bonchev–Trinajstić information content (AvgIpc) is 2.75. The molecule has 4 heteroatoms. The summed E-state index contributed by atoms with van der Waals surface area (Å²) in [6.45, 7) is 0. The van der Waals surface area contributed by atoms with E-state index in [2.05, 4.69) is 10.3 Å². The van der Waals surface area contributed by atoms with Crippen LogP contribution in [-0.4, -0.2) is 22.1 Å². The fraction of sp³-hybridized carbons (Fsp3) is 0.647. The minimum Gasteiger partial charge on any atom is -0.478 e. The minimum absolute atomic E-state index is 0.347. The maximum atomic E-state index is 11.5. The highest BCUT2D eigenvalue weighted by Gasteiger charge is 2.21. The van der Waals surface area contributed by atoms with E-state index in [1.807, 2.05) is 6.07 Å². The summed E-state index contributed by atoms with van der Waals surface area (Å²) in [5, 5.41) is 12.9. The molecule has 0 aliphatic heterocycles. The summed E-state index contributed by atoms with van der Waals surface area (Å²) < 4.78 is 0. The topological polar surface area (TPSA) is 62.2 Å². The van der Waals surface area contributed by atoms with Crippen molar-refractivity contribution < 1.29 is 9.90 Å². The van der Waals surface area contributed by atoms with Gasteiger partial charge in [0.25, 0.3) is 0 Å². The van der Waals surface area contributed by atoms with Crippen LogP contribution >= 0.6 is 0 Å². The largest absolute Gasteiger partial charge is 0.478 e. The molecule has 1 saturated carbocycles. The van der Waals surface area contributed by atoms with E-state index in [1.54, 1.807) is 0 Å². The van der Waals surface area contributed by atoms with Crippen molar-refractivity contribution in [1.29, 1.82) is 0 Å². The molecule has 0 bridgehead atoms. The predicted molar refractivity (Wildman–Crippen MR) is 83.0 cm³/mol. The van der Waals surface area contributed by atoms with Crippen molar-refractivity contribution in [2.75, 3.05) is 5.32 Å². The van der Waals surface area contributed by atoms with Crippen LogP contribution in [0.25, 0.3) is 0 Å². The zero-order chi connectivity index (χ0) is 14.7. The van der Waals surface area contributed by atoms with E-state index in [1.165, 1.54) is 25.7 Å². The number of anilines is 1. The molecule has 114 valence electrons. The first-order chi connectivity index (χ1) is 10.2. The summed E-state index contributed by atoms with van der Waals surface area (Å²) in [7, 11) is 0. The number of aromatic carboxylic acids is 1. The quantitative estimate of drug-likeness (QED) is 0.831. The van der Waals surface area contributed by atoms with E-state index in [0.29, 0.717) is 17.4 Å². The summed E-state index contributed by atoms with van der Waals surface area (Å²) in [6, 6.07) is 2.22. The first-order valence-corrected chi connectivity index (χ1v) is 8.26. The van der Waals surface area contributed by atoms with Crippen molar-refractivity contribution in [1.82, 2.24) is 4.98 Å². The van der Waals surface area contributed by atoms with Gasteiger partial charge in [0, 0.05) is 11.7 Å². The number of carboxylic acids is 1. The number of hydrogen-bond acceptors (Lipinski definition) is 3. The minimum atomic E-state index is -0.869. The predicted octanol–water partition coefficient (Wildman–Crippen LogP) is 3.79. The van der Waals surface area contributed by atoms with Crippen LogP contribution in [0, 0.1) is 0 Å². The van der Waals surface area contributed by atoms with E-state index in [-0.39, 0.29) is 0 Å². The van der Waals surface area contributed by atoms with Gasteiger partial charge in [0.2, 0.25) is 0 Å². The second-order valence-corrected chi connectivity index (χ2v) is 6.34. The summed E-state index contributed by atoms with van der Waals surface area (Å²) >= 11 is 0. The van der Waals surface area contributed by atoms with Crippen LogP contribution in [0.5, 0.6) is 0 Å². The third-order valence-electron chi connectivity index (χ3n) is 4.73. The number of carbonyl (C=O) groups is 1. The van der Waals surface area contributed by atoms with Crippen molar-refractivity contribution in [2.45, 2.75) is 70.3 Å². The monoisotopic (exact) mass is 288 g/mol. The first kappa shape index (κ1) is 14.4. The van der Waals surface area contributed by atoms with E-state index < -0.39 is 5.97 Å². The van der Waals surface area contributed by atoms with Gasteiger partial charge in [0.05, 0.1) is 0 Å². The number of hydrogen-bond donors (Lipinski definition) is 2. The summed E-state index contributed by atoms with van der Waals surface area (Å²) in [6.07, 6.45) is 11.5. The van der Waals surface area contributed by atoms with Crippen molar-refractivity contribution >= 4 is 11.8 Å². The molecule has 0 spiro atoms. The Labute approximate surface area is 126 Å². The summed E-state index contributed by atoms with van der Waals surface area (Å²) in [4.78, 5) is 16.2. The Morgan fingerprint density at radius 3 is 2.52 bits per heavy atom. The second-order valence-electron chi connectivity index (χ2n) is 6.34. The van der Waals surface area contributed by atoms with E-state index >= 15 is 0 Å². The van der Waals surface area contributed by atoms with Gasteiger partial charge in [-0.05, 0) is 50.2 Å². The average molecular weight is 288 g/mol. The molecule has 2 N–H and O–H groups in total. The van der Waals surface area contributed by atoms with Crippen molar-refractivity contribution in [3.05, 3.63) is 22.9 Å². The number of rotatable bonds is 3. The van der Waals surface area contributed by atoms with E-state index in [0.717, 1.165) is 49.8 Å². The molecule has 0 saturated heterocycles. The highest BCUT2D eigenvalue weighted by molar-refractivity contribution is 5.93. The lowest BCUT2D eigenvalue weighted by Crippen LogP contribution is -2.22. The molecule has 0 atom stereocenters. The van der Waals surface area contributed by atoms with Crippen LogP contribution in [0.1, 0.15) is 73.0 Å². The normalized spacial score (nSPS) is 19.6. The number of aryl methyl sites for hydroxylation is 2. The Morgan fingerprint density at radius 1 is 1.10 bits per heavy atom. The molecule has 0 radical (unpaired) electrons. The van der Waals surface area contributed by atoms with Crippen LogP contribution in [-0.2, 0) is 12.8 Å². The highest BCUT2D eigenvalue weighted by atomic mass is 16.4. The molecule has 0 amide bonds. The van der Waals surface area contributed by atoms with Gasteiger partial charge in [-0.1, -0.05) is 25.7 Å². The van der Waals surface area contributed by atoms with E-state index in [4.69, 9.17) is 0 Å². The lowest BCUT2D eigenvalue weighted by atomic mass is 9.94. The number of nitrogens with one attached hydrogen (secondary N) is 1. The van der Waals surface area contributed by atoms with E-state index in [9.17, 15) is 9.90 Å². The summed E-state index contributed by atoms with van der Waals surface area (Å²) in [5.41, 5.74) is 2.58. The fourth-order valence-corrected chi connectivity index (χ4v) is 3.52. The molecular formula is C17H24N2O2. The Hall–Kier alpha value is -1.58. The maximum absolute atomic E-state index is 11.5. The maximum Gasteiger partial charge on any atom is 0.339 e. The highest BCUT2D eigenvalue weighted by Crippen LogP contribution is 2.27. The molecular weight excluding hydrogens is 264 g/mol. The zero-order valence-corrected chi connectivity index (χ0v) is 12.5. The van der Waals surface area contributed by atoms with Gasteiger partial charge in [-0.3, -0.25) is 0 Å². The standard InChI is InChI=1S/C17H24N2O2/c20-17(21)14-11-12-7-5-6-10-15(12)19-16(14)18-13-8-3-1-2-4-9-13/h11,13H,1-10H2,(H,18,19)(H,20,21). The van der Waals surface area contributed by atoms with Crippen molar-refractivity contribution in [3.8, 4) is 0 Å². The van der Waals surface area contributed by atoms with Crippen molar-refractivity contribution in [2.24, 2.45) is 0 Å². The van der Waals surface area contributed by atoms with Crippen LogP contribution in [0.3, 0.4) is 0 Å². The Bertz CT molecular complexity index is 520. The molecule has 2 aliphatic carbocycles. The molecule has 1 aromatic rings. The second kappa shape index (κ2) is 6.46. The number of aromatic nitrogens is 1. The number of nitrogens with zero attached hydrogens (tertiary/aromatic N) is 1. The number of fused-ring (bicyclic) bond motifs is 1. The third kappa shape index (κ3) is 3.36. The lowest BCUT2D eigenvalue weighted by Gasteiger charge is -2.22. The van der Waals surface area contributed by atoms with Gasteiger partial charge in [-0.25, -0.2) is 9.78 Å². The Balaban J connectivity index is 1.86. The van der Waals surface area contributed by atoms with Crippen LogP contribution in [0.4, 0.5) is 5.82 Å². The Kier molecular flexibility index (Phi) is 4.42. The first-order valence-electron chi connectivity index (χ1n) is 8.26. The molecule has 2 aliphatic rings. The fourth-order valence-electron chi connectivity index (χ4n) is 3.52. The summed E-state index contributed by atoms with van der Waals surface area (Å²) in [5.74, 6) is -0.276. The van der Waals surface area contributed by atoms with Gasteiger partial charge in [-0.2, -0.15) is 0 Å². The van der Waals surface area contributed by atoms with Gasteiger partial charge in [0.15, 0.2) is 0 Å². The Morgan fingerprint density at radius 2 is 1.81 bits per heavy atom. The SMILES string of the molecule is O=C(O)c1cc2c(nc1NC1CCCCCC1)CCCC2. The molecule has 0 aromatic carbocycles. The van der Waals surface area contributed by atoms with Crippen LogP contribution in [0.15, 0.2) is 6.07 Å². The van der Waals surface area contributed by atoms with Gasteiger partial charge < -0.3 is 10.4 Å². The zero-order valence-electron chi connectivity index (χ0n) is 12.5. The van der Waals surface area contributed by atoms with Crippen LogP contribution < -0.4 is 5.32 Å². The molecule has 1 aromatic heterocycles. The van der Waals surface area contributed by atoms with Gasteiger partial charge >= 0.3 is 5.97 Å². The smallest absolute Gasteiger partial charge is 0.339 e. The van der Waals surface area contributed by atoms with Crippen LogP contribution in [0.2, 0.25) is 0 Å². The molecule has 1 heterocycles.